The molecule has 0 bridgehead atoms. The minimum Gasteiger partial charge on any atom is -0.497 e. The summed E-state index contributed by atoms with van der Waals surface area (Å²) >= 11 is 3.81. The summed E-state index contributed by atoms with van der Waals surface area (Å²) in [6, 6.07) is 13.5. The normalized spacial score (nSPS) is 11.2. The maximum atomic E-state index is 12.7. The molecule has 0 aliphatic heterocycles. The largest absolute Gasteiger partial charge is 0.497 e. The van der Waals surface area contributed by atoms with Crippen LogP contribution < -0.4 is 14.8 Å². The Kier molecular flexibility index (Phi) is 6.79. The molecule has 0 aliphatic carbocycles. The molecular formula is C22H23IN2O3S. The van der Waals surface area contributed by atoms with Gasteiger partial charge in [0.05, 0.1) is 19.9 Å². The molecule has 1 N–H and O–H groups in total. The van der Waals surface area contributed by atoms with E-state index < -0.39 is 0 Å². The fraction of sp³-hybridized carbons (Fsp3) is 0.273. The van der Waals surface area contributed by atoms with Crippen molar-refractivity contribution in [2.75, 3.05) is 24.0 Å². The highest BCUT2D eigenvalue weighted by Gasteiger charge is 2.20. The van der Waals surface area contributed by atoms with E-state index in [2.05, 4.69) is 64.9 Å². The van der Waals surface area contributed by atoms with Gasteiger partial charge >= 0.3 is 0 Å². The number of nitrogens with zero attached hydrogens (tertiary/aromatic N) is 1. The number of benzene rings is 2. The van der Waals surface area contributed by atoms with Crippen LogP contribution >= 0.6 is 33.9 Å². The van der Waals surface area contributed by atoms with Gasteiger partial charge in [-0.1, -0.05) is 54.6 Å². The molecule has 29 heavy (non-hydrogen) atoms. The highest BCUT2D eigenvalue weighted by Crippen LogP contribution is 2.31. The number of carbonyl (C=O) groups excluding carboxylic acids is 1. The standard InChI is InChI=1S/C22H23IN2O3S/c1-22(2,13-23)16-7-5-6-14(8-16)19-12-29-21(24-19)25-20(26)15-9-17(27-3)11-18(10-15)28-4/h5-12H,13H2,1-4H3,(H,24,25,26). The van der Waals surface area contributed by atoms with E-state index in [1.54, 1.807) is 32.4 Å². The van der Waals surface area contributed by atoms with Crippen LogP contribution in [0, 0.1) is 0 Å². The summed E-state index contributed by atoms with van der Waals surface area (Å²) in [5.41, 5.74) is 3.70. The van der Waals surface area contributed by atoms with Gasteiger partial charge in [-0.2, -0.15) is 0 Å². The number of halogens is 1. The molecule has 0 spiro atoms. The first kappa shape index (κ1) is 21.6. The van der Waals surface area contributed by atoms with Gasteiger partial charge in [0, 0.05) is 27.0 Å². The average molecular weight is 522 g/mol. The fourth-order valence-electron chi connectivity index (χ4n) is 2.75. The minimum absolute atomic E-state index is 0.0923. The number of thiazole rings is 1. The lowest BCUT2D eigenvalue weighted by atomic mass is 9.86. The number of anilines is 1. The lowest BCUT2D eigenvalue weighted by Gasteiger charge is -2.22. The van der Waals surface area contributed by atoms with Gasteiger partial charge in [0.15, 0.2) is 5.13 Å². The Hall–Kier alpha value is -2.13. The maximum absolute atomic E-state index is 12.7. The van der Waals surface area contributed by atoms with Crippen molar-refractivity contribution in [3.8, 4) is 22.8 Å². The average Bonchev–Trinajstić information content (AvgIpc) is 3.21. The van der Waals surface area contributed by atoms with Crippen LogP contribution in [0.3, 0.4) is 0 Å². The number of alkyl halides is 1. The lowest BCUT2D eigenvalue weighted by Crippen LogP contribution is -2.18. The number of amides is 1. The molecule has 3 rings (SSSR count). The Bertz CT molecular complexity index is 995. The van der Waals surface area contributed by atoms with Crippen molar-refractivity contribution < 1.29 is 14.3 Å². The first-order valence-electron chi connectivity index (χ1n) is 9.03. The highest BCUT2D eigenvalue weighted by molar-refractivity contribution is 14.1. The summed E-state index contributed by atoms with van der Waals surface area (Å²) in [6.45, 7) is 4.46. The molecule has 0 atom stereocenters. The molecule has 152 valence electrons. The van der Waals surface area contributed by atoms with Crippen LogP contribution in [0.2, 0.25) is 0 Å². The van der Waals surface area contributed by atoms with Crippen LogP contribution in [0.25, 0.3) is 11.3 Å². The van der Waals surface area contributed by atoms with Gasteiger partial charge in [0.25, 0.3) is 5.91 Å². The zero-order chi connectivity index (χ0) is 21.0. The van der Waals surface area contributed by atoms with Crippen LogP contribution in [-0.2, 0) is 5.41 Å². The van der Waals surface area contributed by atoms with Gasteiger partial charge in [0.2, 0.25) is 0 Å². The summed E-state index contributed by atoms with van der Waals surface area (Å²) in [5.74, 6) is 0.857. The van der Waals surface area contributed by atoms with E-state index in [1.165, 1.54) is 16.9 Å². The third-order valence-electron chi connectivity index (χ3n) is 4.61. The van der Waals surface area contributed by atoms with Gasteiger partial charge in [-0.15, -0.1) is 11.3 Å². The predicted octanol–water partition coefficient (Wildman–Crippen LogP) is 5.79. The Balaban J connectivity index is 1.81. The van der Waals surface area contributed by atoms with Crippen molar-refractivity contribution in [3.63, 3.8) is 0 Å². The number of aromatic nitrogens is 1. The Morgan fingerprint density at radius 1 is 1.14 bits per heavy atom. The Morgan fingerprint density at radius 3 is 2.45 bits per heavy atom. The van der Waals surface area contributed by atoms with Gasteiger partial charge in [-0.25, -0.2) is 4.98 Å². The second-order valence-electron chi connectivity index (χ2n) is 7.19. The zero-order valence-electron chi connectivity index (χ0n) is 16.8. The number of nitrogens with one attached hydrogen (secondary N) is 1. The monoisotopic (exact) mass is 522 g/mol. The van der Waals surface area contributed by atoms with Crippen molar-refractivity contribution >= 4 is 45.0 Å². The van der Waals surface area contributed by atoms with E-state index in [9.17, 15) is 4.79 Å². The molecule has 7 heteroatoms. The summed E-state index contributed by atoms with van der Waals surface area (Å²) < 4.78 is 11.5. The first-order chi connectivity index (χ1) is 13.9. The predicted molar refractivity (Wildman–Crippen MR) is 127 cm³/mol. The second kappa shape index (κ2) is 9.13. The Labute approximate surface area is 188 Å². The van der Waals surface area contributed by atoms with E-state index in [1.807, 2.05) is 11.4 Å². The van der Waals surface area contributed by atoms with Crippen molar-refractivity contribution in [3.05, 3.63) is 59.0 Å². The van der Waals surface area contributed by atoms with E-state index >= 15 is 0 Å². The summed E-state index contributed by atoms with van der Waals surface area (Å²) in [7, 11) is 3.11. The van der Waals surface area contributed by atoms with E-state index in [4.69, 9.17) is 9.47 Å². The van der Waals surface area contributed by atoms with Gasteiger partial charge in [0.1, 0.15) is 11.5 Å². The first-order valence-corrected chi connectivity index (χ1v) is 11.4. The molecule has 1 heterocycles. The summed E-state index contributed by atoms with van der Waals surface area (Å²) in [5, 5.41) is 5.37. The van der Waals surface area contributed by atoms with Crippen molar-refractivity contribution in [2.24, 2.45) is 0 Å². The molecular weight excluding hydrogens is 499 g/mol. The second-order valence-corrected chi connectivity index (χ2v) is 8.81. The van der Waals surface area contributed by atoms with Crippen molar-refractivity contribution in [2.45, 2.75) is 19.3 Å². The van der Waals surface area contributed by atoms with Crippen LogP contribution in [-0.4, -0.2) is 29.5 Å². The minimum atomic E-state index is -0.261. The number of ether oxygens (including phenoxy) is 2. The Morgan fingerprint density at radius 2 is 1.83 bits per heavy atom. The SMILES string of the molecule is COc1cc(OC)cc(C(=O)Nc2nc(-c3cccc(C(C)(C)CI)c3)cs2)c1. The third kappa shape index (κ3) is 5.08. The quantitative estimate of drug-likeness (QED) is 0.315. The number of hydrogen-bond acceptors (Lipinski definition) is 5. The number of hydrogen-bond donors (Lipinski definition) is 1. The molecule has 0 saturated carbocycles. The van der Waals surface area contributed by atoms with Crippen molar-refractivity contribution in [1.82, 2.24) is 4.98 Å². The molecule has 3 aromatic rings. The third-order valence-corrected chi connectivity index (χ3v) is 7.28. The molecule has 1 amide bonds. The molecule has 0 saturated heterocycles. The molecule has 0 radical (unpaired) electrons. The smallest absolute Gasteiger partial charge is 0.257 e. The summed E-state index contributed by atoms with van der Waals surface area (Å²) in [4.78, 5) is 17.3. The van der Waals surface area contributed by atoms with Crippen LogP contribution in [0.1, 0.15) is 29.8 Å². The molecule has 5 nitrogen and oxygen atoms in total. The van der Waals surface area contributed by atoms with Gasteiger partial charge < -0.3 is 9.47 Å². The number of carbonyl (C=O) groups is 1. The zero-order valence-corrected chi connectivity index (χ0v) is 19.8. The van der Waals surface area contributed by atoms with Gasteiger partial charge in [-0.3, -0.25) is 10.1 Å². The number of rotatable bonds is 7. The van der Waals surface area contributed by atoms with Crippen LogP contribution in [0.15, 0.2) is 47.8 Å². The summed E-state index contributed by atoms with van der Waals surface area (Å²) in [6.07, 6.45) is 0. The molecule has 0 aliphatic rings. The molecule has 0 fully saturated rings. The van der Waals surface area contributed by atoms with Crippen LogP contribution in [0.5, 0.6) is 11.5 Å². The molecule has 2 aromatic carbocycles. The highest BCUT2D eigenvalue weighted by atomic mass is 127. The maximum Gasteiger partial charge on any atom is 0.257 e. The van der Waals surface area contributed by atoms with Crippen LogP contribution in [0.4, 0.5) is 5.13 Å². The fourth-order valence-corrected chi connectivity index (χ4v) is 3.90. The van der Waals surface area contributed by atoms with E-state index in [-0.39, 0.29) is 11.3 Å². The van der Waals surface area contributed by atoms with E-state index in [0.717, 1.165) is 15.7 Å². The van der Waals surface area contributed by atoms with Crippen molar-refractivity contribution in [1.29, 1.82) is 0 Å². The molecule has 1 aromatic heterocycles. The number of methoxy groups -OCH3 is 2. The van der Waals surface area contributed by atoms with E-state index in [0.29, 0.717) is 22.2 Å². The molecule has 0 unspecified atom stereocenters. The van der Waals surface area contributed by atoms with Gasteiger partial charge in [-0.05, 0) is 29.2 Å². The topological polar surface area (TPSA) is 60.5 Å². The lowest BCUT2D eigenvalue weighted by molar-refractivity contribution is 0.102.